The second kappa shape index (κ2) is 5.37. The van der Waals surface area contributed by atoms with E-state index in [1.54, 1.807) is 25.1 Å². The molecule has 108 valence electrons. The summed E-state index contributed by atoms with van der Waals surface area (Å²) in [6.07, 6.45) is -4.61. The zero-order valence-corrected chi connectivity index (χ0v) is 11.0. The summed E-state index contributed by atoms with van der Waals surface area (Å²) < 4.78 is 44.3. The van der Waals surface area contributed by atoms with Crippen LogP contribution in [0.3, 0.4) is 0 Å². The van der Waals surface area contributed by atoms with Gasteiger partial charge in [0.15, 0.2) is 0 Å². The molecule has 0 radical (unpaired) electrons. The minimum absolute atomic E-state index is 0.0848. The van der Waals surface area contributed by atoms with Crippen molar-refractivity contribution in [1.82, 2.24) is 0 Å². The predicted octanol–water partition coefficient (Wildman–Crippen LogP) is 4.26. The maximum Gasteiger partial charge on any atom is 0.420 e. The van der Waals surface area contributed by atoms with Crippen molar-refractivity contribution in [3.63, 3.8) is 0 Å². The highest BCUT2D eigenvalue weighted by atomic mass is 19.4. The first kappa shape index (κ1) is 14.7. The van der Waals surface area contributed by atoms with Crippen LogP contribution in [-0.4, -0.2) is 0 Å². The molecule has 0 aliphatic heterocycles. The largest absolute Gasteiger partial charge is 0.457 e. The first-order chi connectivity index (χ1) is 9.79. The zero-order chi connectivity index (χ0) is 15.6. The van der Waals surface area contributed by atoms with Crippen molar-refractivity contribution in [2.45, 2.75) is 13.1 Å². The average molecular weight is 292 g/mol. The van der Waals surface area contributed by atoms with Crippen molar-refractivity contribution in [1.29, 1.82) is 5.26 Å². The molecule has 2 aromatic carbocycles. The van der Waals surface area contributed by atoms with Gasteiger partial charge in [0.25, 0.3) is 0 Å². The lowest BCUT2D eigenvalue weighted by molar-refractivity contribution is -0.138. The number of ether oxygens (including phenoxy) is 1. The average Bonchev–Trinajstić information content (AvgIpc) is 2.36. The van der Waals surface area contributed by atoms with Crippen molar-refractivity contribution < 1.29 is 17.9 Å². The van der Waals surface area contributed by atoms with E-state index in [0.29, 0.717) is 5.69 Å². The van der Waals surface area contributed by atoms with E-state index in [-0.39, 0.29) is 17.1 Å². The molecule has 0 aliphatic carbocycles. The van der Waals surface area contributed by atoms with Crippen LogP contribution in [0.25, 0.3) is 0 Å². The highest BCUT2D eigenvalue weighted by molar-refractivity contribution is 5.50. The standard InChI is InChI=1S/C15H11F3N2O/c1-9-4-11(20)7-12(5-9)21-14-3-2-10(8-19)6-13(14)15(16,17)18/h2-7H,20H2,1H3. The third kappa shape index (κ3) is 3.45. The SMILES string of the molecule is Cc1cc(N)cc(Oc2ccc(C#N)cc2C(F)(F)F)c1. The van der Waals surface area contributed by atoms with Gasteiger partial charge in [0.2, 0.25) is 0 Å². The van der Waals surface area contributed by atoms with Gasteiger partial charge in [-0.2, -0.15) is 18.4 Å². The van der Waals surface area contributed by atoms with Gasteiger partial charge in [-0.15, -0.1) is 0 Å². The van der Waals surface area contributed by atoms with Gasteiger partial charge in [-0.3, -0.25) is 0 Å². The second-order valence-electron chi connectivity index (χ2n) is 4.50. The highest BCUT2D eigenvalue weighted by Crippen LogP contribution is 2.39. The number of nitrogen functional groups attached to an aromatic ring is 1. The summed E-state index contributed by atoms with van der Waals surface area (Å²) >= 11 is 0. The number of nitrogens with two attached hydrogens (primary N) is 1. The minimum atomic E-state index is -4.61. The summed E-state index contributed by atoms with van der Waals surface area (Å²) in [6.45, 7) is 1.76. The fourth-order valence-electron chi connectivity index (χ4n) is 1.87. The molecular weight excluding hydrogens is 281 g/mol. The molecule has 0 saturated carbocycles. The van der Waals surface area contributed by atoms with Crippen LogP contribution in [0.4, 0.5) is 18.9 Å². The minimum Gasteiger partial charge on any atom is -0.457 e. The molecule has 0 atom stereocenters. The number of rotatable bonds is 2. The number of anilines is 1. The summed E-state index contributed by atoms with van der Waals surface area (Å²) in [5.41, 5.74) is 5.72. The molecule has 0 unspecified atom stereocenters. The Morgan fingerprint density at radius 3 is 2.43 bits per heavy atom. The van der Waals surface area contributed by atoms with Crippen LogP contribution in [0, 0.1) is 18.3 Å². The lowest BCUT2D eigenvalue weighted by Crippen LogP contribution is -2.07. The Kier molecular flexibility index (Phi) is 3.76. The van der Waals surface area contributed by atoms with E-state index in [4.69, 9.17) is 15.7 Å². The van der Waals surface area contributed by atoms with Gasteiger partial charge in [-0.1, -0.05) is 0 Å². The lowest BCUT2D eigenvalue weighted by Gasteiger charge is -2.14. The number of nitriles is 1. The predicted molar refractivity (Wildman–Crippen MR) is 71.8 cm³/mol. The molecule has 0 saturated heterocycles. The molecule has 0 amide bonds. The molecule has 0 fully saturated rings. The van der Waals surface area contributed by atoms with Gasteiger partial charge in [0, 0.05) is 11.8 Å². The molecule has 21 heavy (non-hydrogen) atoms. The fourth-order valence-corrected chi connectivity index (χ4v) is 1.87. The molecule has 2 rings (SSSR count). The number of hydrogen-bond acceptors (Lipinski definition) is 3. The normalized spacial score (nSPS) is 11.0. The van der Waals surface area contributed by atoms with E-state index in [0.717, 1.165) is 17.7 Å². The van der Waals surface area contributed by atoms with Crippen molar-refractivity contribution in [2.24, 2.45) is 0 Å². The molecule has 6 heteroatoms. The van der Waals surface area contributed by atoms with Crippen LogP contribution in [-0.2, 0) is 6.18 Å². The van der Waals surface area contributed by atoms with E-state index < -0.39 is 11.7 Å². The van der Waals surface area contributed by atoms with Gasteiger partial charge in [0.05, 0.1) is 17.2 Å². The quantitative estimate of drug-likeness (QED) is 0.841. The van der Waals surface area contributed by atoms with Gasteiger partial charge < -0.3 is 10.5 Å². The Morgan fingerprint density at radius 2 is 1.86 bits per heavy atom. The maximum atomic E-state index is 13.0. The Bertz CT molecular complexity index is 698. The van der Waals surface area contributed by atoms with E-state index in [1.165, 1.54) is 12.1 Å². The molecule has 0 heterocycles. The Morgan fingerprint density at radius 1 is 1.14 bits per heavy atom. The summed E-state index contributed by atoms with van der Waals surface area (Å²) in [5.74, 6) is -0.158. The molecule has 3 nitrogen and oxygen atoms in total. The van der Waals surface area contributed by atoms with E-state index in [2.05, 4.69) is 0 Å². The van der Waals surface area contributed by atoms with Gasteiger partial charge in [0.1, 0.15) is 11.5 Å². The van der Waals surface area contributed by atoms with Crippen LogP contribution in [0.1, 0.15) is 16.7 Å². The zero-order valence-electron chi connectivity index (χ0n) is 11.0. The van der Waals surface area contributed by atoms with E-state index in [9.17, 15) is 13.2 Å². The van der Waals surface area contributed by atoms with Crippen molar-refractivity contribution >= 4 is 5.69 Å². The number of hydrogen-bond donors (Lipinski definition) is 1. The summed E-state index contributed by atoms with van der Waals surface area (Å²) in [7, 11) is 0. The van der Waals surface area contributed by atoms with Crippen molar-refractivity contribution in [3.8, 4) is 17.6 Å². The van der Waals surface area contributed by atoms with Crippen LogP contribution in [0.5, 0.6) is 11.5 Å². The molecule has 2 aromatic rings. The van der Waals surface area contributed by atoms with Gasteiger partial charge in [-0.25, -0.2) is 0 Å². The first-order valence-electron chi connectivity index (χ1n) is 5.96. The Balaban J connectivity index is 2.46. The second-order valence-corrected chi connectivity index (χ2v) is 4.50. The van der Waals surface area contributed by atoms with Crippen molar-refractivity contribution in [2.75, 3.05) is 5.73 Å². The van der Waals surface area contributed by atoms with Crippen LogP contribution in [0.15, 0.2) is 36.4 Å². The monoisotopic (exact) mass is 292 g/mol. The molecular formula is C15H11F3N2O. The molecule has 2 N–H and O–H groups in total. The number of halogens is 3. The van der Waals surface area contributed by atoms with Crippen molar-refractivity contribution in [3.05, 3.63) is 53.1 Å². The van der Waals surface area contributed by atoms with Crippen LogP contribution < -0.4 is 10.5 Å². The smallest absolute Gasteiger partial charge is 0.420 e. The van der Waals surface area contributed by atoms with Gasteiger partial charge >= 0.3 is 6.18 Å². The molecule has 0 spiro atoms. The molecule has 0 bridgehead atoms. The topological polar surface area (TPSA) is 59.0 Å². The van der Waals surface area contributed by atoms with E-state index >= 15 is 0 Å². The third-order valence-electron chi connectivity index (χ3n) is 2.72. The first-order valence-corrected chi connectivity index (χ1v) is 5.96. The number of aryl methyl sites for hydroxylation is 1. The molecule has 0 aromatic heterocycles. The Labute approximate surface area is 119 Å². The third-order valence-corrected chi connectivity index (χ3v) is 2.72. The van der Waals surface area contributed by atoms with Crippen LogP contribution in [0.2, 0.25) is 0 Å². The Hall–Kier alpha value is -2.68. The number of alkyl halides is 3. The highest BCUT2D eigenvalue weighted by Gasteiger charge is 2.35. The summed E-state index contributed by atoms with van der Waals surface area (Å²) in [6, 6.07) is 9.51. The summed E-state index contributed by atoms with van der Waals surface area (Å²) in [4.78, 5) is 0. The number of nitrogens with zero attached hydrogens (tertiary/aromatic N) is 1. The maximum absolute atomic E-state index is 13.0. The van der Waals surface area contributed by atoms with Gasteiger partial charge in [-0.05, 0) is 42.8 Å². The number of benzene rings is 2. The van der Waals surface area contributed by atoms with Crippen LogP contribution >= 0.6 is 0 Å². The molecule has 0 aliphatic rings. The van der Waals surface area contributed by atoms with E-state index in [1.807, 2.05) is 0 Å². The summed E-state index contributed by atoms with van der Waals surface area (Å²) in [5, 5.41) is 8.71. The fraction of sp³-hybridized carbons (Fsp3) is 0.133. The lowest BCUT2D eigenvalue weighted by atomic mass is 10.1.